The lowest BCUT2D eigenvalue weighted by Gasteiger charge is -2.11. The van der Waals surface area contributed by atoms with Crippen LogP contribution in [-0.2, 0) is 19.6 Å². The van der Waals surface area contributed by atoms with Crippen LogP contribution in [0.25, 0.3) is 6.08 Å². The van der Waals surface area contributed by atoms with E-state index in [9.17, 15) is 13.2 Å². The van der Waals surface area contributed by atoms with E-state index < -0.39 is 16.0 Å². The van der Waals surface area contributed by atoms with Crippen LogP contribution in [0.4, 0.5) is 5.82 Å². The van der Waals surface area contributed by atoms with E-state index in [1.165, 1.54) is 12.1 Å². The molecule has 7 nitrogen and oxygen atoms in total. The first-order valence-corrected chi connectivity index (χ1v) is 8.10. The molecule has 0 aliphatic carbocycles. The minimum absolute atomic E-state index is 0.107. The second kappa shape index (κ2) is 6.68. The Hall–Kier alpha value is -1.93. The number of hydrogen-bond acceptors (Lipinski definition) is 5. The summed E-state index contributed by atoms with van der Waals surface area (Å²) < 4.78 is 31.7. The van der Waals surface area contributed by atoms with Crippen molar-refractivity contribution in [1.82, 2.24) is 4.98 Å². The monoisotopic (exact) mass is 312 g/mol. The zero-order valence-electron chi connectivity index (χ0n) is 11.2. The van der Waals surface area contributed by atoms with E-state index in [0.29, 0.717) is 12.3 Å². The minimum atomic E-state index is -3.54. The van der Waals surface area contributed by atoms with Gasteiger partial charge in [0.15, 0.2) is 0 Å². The van der Waals surface area contributed by atoms with Gasteiger partial charge in [-0.25, -0.2) is 18.2 Å². The highest BCUT2D eigenvalue weighted by molar-refractivity contribution is 7.92. The second-order valence-corrected chi connectivity index (χ2v) is 6.40. The number of pyridine rings is 1. The van der Waals surface area contributed by atoms with Gasteiger partial charge in [-0.2, -0.15) is 0 Å². The fourth-order valence-corrected chi connectivity index (χ4v) is 3.25. The molecule has 1 atom stereocenters. The fraction of sp³-hybridized carbons (Fsp3) is 0.385. The molecule has 0 aromatic carbocycles. The van der Waals surface area contributed by atoms with Crippen molar-refractivity contribution in [3.8, 4) is 0 Å². The highest BCUT2D eigenvalue weighted by atomic mass is 32.2. The van der Waals surface area contributed by atoms with E-state index >= 15 is 0 Å². The molecule has 1 aliphatic heterocycles. The third-order valence-corrected chi connectivity index (χ3v) is 4.19. The Morgan fingerprint density at radius 3 is 3.00 bits per heavy atom. The summed E-state index contributed by atoms with van der Waals surface area (Å²) in [7, 11) is -3.54. The van der Waals surface area contributed by atoms with Crippen LogP contribution in [0, 0.1) is 0 Å². The largest absolute Gasteiger partial charge is 0.478 e. The number of carbonyl (C=O) groups is 1. The summed E-state index contributed by atoms with van der Waals surface area (Å²) in [6, 6.07) is 4.68. The molecule has 1 unspecified atom stereocenters. The maximum Gasteiger partial charge on any atom is 0.328 e. The van der Waals surface area contributed by atoms with Crippen LogP contribution in [0.1, 0.15) is 18.5 Å². The van der Waals surface area contributed by atoms with Crippen molar-refractivity contribution in [2.45, 2.75) is 18.9 Å². The van der Waals surface area contributed by atoms with E-state index in [4.69, 9.17) is 9.84 Å². The maximum atomic E-state index is 12.0. The van der Waals surface area contributed by atoms with Crippen LogP contribution < -0.4 is 4.72 Å². The summed E-state index contributed by atoms with van der Waals surface area (Å²) in [5, 5.41) is 8.55. The molecule has 0 spiro atoms. The zero-order valence-corrected chi connectivity index (χ0v) is 12.0. The van der Waals surface area contributed by atoms with Crippen LogP contribution in [0.5, 0.6) is 0 Å². The van der Waals surface area contributed by atoms with Crippen molar-refractivity contribution in [3.63, 3.8) is 0 Å². The standard InChI is InChI=1S/C13H16N2O5S/c16-13(17)7-6-10-3-1-5-12(14-10)15-21(18,19)9-11-4-2-8-20-11/h1,3,5-7,11H,2,4,8-9H2,(H,14,15)(H,16,17). The first-order chi connectivity index (χ1) is 9.94. The van der Waals surface area contributed by atoms with Crippen molar-refractivity contribution in [2.75, 3.05) is 17.1 Å². The van der Waals surface area contributed by atoms with Crippen molar-refractivity contribution in [1.29, 1.82) is 0 Å². The normalized spacial score (nSPS) is 19.0. The Bertz CT molecular complexity index is 636. The van der Waals surface area contributed by atoms with Gasteiger partial charge in [-0.05, 0) is 31.1 Å². The van der Waals surface area contributed by atoms with Gasteiger partial charge in [-0.15, -0.1) is 0 Å². The molecular formula is C13H16N2O5S. The number of aromatic nitrogens is 1. The summed E-state index contributed by atoms with van der Waals surface area (Å²) in [5.41, 5.74) is 0.356. The van der Waals surface area contributed by atoms with Crippen LogP contribution in [0.2, 0.25) is 0 Å². The Balaban J connectivity index is 2.04. The topological polar surface area (TPSA) is 106 Å². The molecule has 0 saturated carbocycles. The summed E-state index contributed by atoms with van der Waals surface area (Å²) in [4.78, 5) is 14.5. The fourth-order valence-electron chi connectivity index (χ4n) is 1.98. The van der Waals surface area contributed by atoms with E-state index in [0.717, 1.165) is 18.9 Å². The summed E-state index contributed by atoms with van der Waals surface area (Å²) in [6.45, 7) is 0.591. The van der Waals surface area contributed by atoms with Crippen LogP contribution in [0.3, 0.4) is 0 Å². The molecule has 1 aromatic heterocycles. The Morgan fingerprint density at radius 2 is 2.33 bits per heavy atom. The van der Waals surface area contributed by atoms with Crippen LogP contribution in [-0.4, -0.2) is 42.9 Å². The molecule has 1 fully saturated rings. The van der Waals surface area contributed by atoms with E-state index in [1.807, 2.05) is 0 Å². The number of rotatable bonds is 6. The van der Waals surface area contributed by atoms with Gasteiger partial charge >= 0.3 is 5.97 Å². The van der Waals surface area contributed by atoms with Gasteiger partial charge in [0.05, 0.1) is 17.6 Å². The smallest absolute Gasteiger partial charge is 0.328 e. The molecule has 1 saturated heterocycles. The highest BCUT2D eigenvalue weighted by Gasteiger charge is 2.23. The summed E-state index contributed by atoms with van der Waals surface area (Å²) in [5.74, 6) is -1.05. The summed E-state index contributed by atoms with van der Waals surface area (Å²) in [6.07, 6.45) is 3.55. The average Bonchev–Trinajstić information content (AvgIpc) is 2.88. The number of ether oxygens (including phenoxy) is 1. The number of carboxylic acids is 1. The number of nitrogens with zero attached hydrogens (tertiary/aromatic N) is 1. The number of aliphatic carboxylic acids is 1. The van der Waals surface area contributed by atoms with Gasteiger partial charge in [0.1, 0.15) is 5.82 Å². The Labute approximate surface area is 122 Å². The second-order valence-electron chi connectivity index (χ2n) is 4.64. The molecule has 0 amide bonds. The van der Waals surface area contributed by atoms with Gasteiger partial charge in [-0.3, -0.25) is 4.72 Å². The van der Waals surface area contributed by atoms with Gasteiger partial charge in [0, 0.05) is 12.7 Å². The first kappa shape index (κ1) is 15.5. The molecule has 2 rings (SSSR count). The third kappa shape index (κ3) is 5.16. The molecule has 8 heteroatoms. The number of hydrogen-bond donors (Lipinski definition) is 2. The van der Waals surface area contributed by atoms with Crippen molar-refractivity contribution in [3.05, 3.63) is 30.0 Å². The molecule has 2 N–H and O–H groups in total. The molecular weight excluding hydrogens is 296 g/mol. The highest BCUT2D eigenvalue weighted by Crippen LogP contribution is 2.15. The van der Waals surface area contributed by atoms with Crippen molar-refractivity contribution >= 4 is 27.9 Å². The minimum Gasteiger partial charge on any atom is -0.478 e. The average molecular weight is 312 g/mol. The summed E-state index contributed by atoms with van der Waals surface area (Å²) >= 11 is 0. The first-order valence-electron chi connectivity index (χ1n) is 6.45. The molecule has 21 heavy (non-hydrogen) atoms. The lowest BCUT2D eigenvalue weighted by atomic mass is 10.3. The Kier molecular flexibility index (Phi) is 4.92. The van der Waals surface area contributed by atoms with E-state index in [2.05, 4.69) is 9.71 Å². The Morgan fingerprint density at radius 1 is 1.52 bits per heavy atom. The predicted octanol–water partition coefficient (Wildman–Crippen LogP) is 1.10. The molecule has 2 heterocycles. The number of carboxylic acid groups (broad SMARTS) is 1. The van der Waals surface area contributed by atoms with Gasteiger partial charge in [-0.1, -0.05) is 6.07 Å². The van der Waals surface area contributed by atoms with Gasteiger partial charge < -0.3 is 9.84 Å². The molecule has 1 aromatic rings. The predicted molar refractivity (Wildman–Crippen MR) is 77.3 cm³/mol. The van der Waals surface area contributed by atoms with E-state index in [1.54, 1.807) is 12.1 Å². The SMILES string of the molecule is O=C(O)C=Cc1cccc(NS(=O)(=O)CC2CCCO2)n1. The van der Waals surface area contributed by atoms with Crippen LogP contribution in [0.15, 0.2) is 24.3 Å². The van der Waals surface area contributed by atoms with Crippen molar-refractivity contribution < 1.29 is 23.1 Å². The molecule has 114 valence electrons. The quantitative estimate of drug-likeness (QED) is 0.762. The maximum absolute atomic E-state index is 12.0. The lowest BCUT2D eigenvalue weighted by Crippen LogP contribution is -2.26. The van der Waals surface area contributed by atoms with E-state index in [-0.39, 0.29) is 17.7 Å². The van der Waals surface area contributed by atoms with Gasteiger partial charge in [0.25, 0.3) is 0 Å². The molecule has 1 aliphatic rings. The van der Waals surface area contributed by atoms with Crippen molar-refractivity contribution in [2.24, 2.45) is 0 Å². The number of nitrogens with one attached hydrogen (secondary N) is 1. The lowest BCUT2D eigenvalue weighted by molar-refractivity contribution is -0.131. The van der Waals surface area contributed by atoms with Gasteiger partial charge in [0.2, 0.25) is 10.0 Å². The molecule has 0 bridgehead atoms. The molecule has 0 radical (unpaired) electrons. The zero-order chi connectivity index (χ0) is 15.3. The van der Waals surface area contributed by atoms with Crippen LogP contribution >= 0.6 is 0 Å². The number of sulfonamides is 1. The third-order valence-electron chi connectivity index (χ3n) is 2.86. The number of anilines is 1.